The average molecular weight is 226 g/mol. The van der Waals surface area contributed by atoms with Gasteiger partial charge >= 0.3 is 0 Å². The zero-order valence-electron chi connectivity index (χ0n) is 9.33. The van der Waals surface area contributed by atoms with E-state index in [4.69, 9.17) is 4.84 Å². The Morgan fingerprint density at radius 2 is 2.31 bits per heavy atom. The van der Waals surface area contributed by atoms with Crippen molar-refractivity contribution in [3.63, 3.8) is 0 Å². The molecule has 0 saturated heterocycles. The lowest BCUT2D eigenvalue weighted by atomic mass is 10.2. The highest BCUT2D eigenvalue weighted by atomic mass is 19.1. The molecule has 16 heavy (non-hydrogen) atoms. The fraction of sp³-hybridized carbons (Fsp3) is 0.400. The van der Waals surface area contributed by atoms with Crippen molar-refractivity contribution in [2.45, 2.75) is 6.92 Å². The van der Waals surface area contributed by atoms with Gasteiger partial charge in [0.25, 0.3) is 0 Å². The third kappa shape index (κ3) is 3.47. The molecular weight excluding hydrogens is 211 g/mol. The second kappa shape index (κ2) is 6.73. The van der Waals surface area contributed by atoms with Crippen LogP contribution in [0.5, 0.6) is 0 Å². The van der Waals surface area contributed by atoms with Crippen LogP contribution in [0.15, 0.2) is 12.6 Å². The molecule has 1 rings (SSSR count). The van der Waals surface area contributed by atoms with Crippen molar-refractivity contribution in [2.24, 2.45) is 0 Å². The summed E-state index contributed by atoms with van der Waals surface area (Å²) in [6.45, 7) is 1.67. The number of nitrogens with zero attached hydrogens (tertiary/aromatic N) is 2. The number of alkyl halides is 1. The predicted molar refractivity (Wildman–Crippen MR) is 60.4 cm³/mol. The molecule has 0 atom stereocenters. The Bertz CT molecular complexity index is 357. The molecule has 88 valence electrons. The van der Waals surface area contributed by atoms with E-state index in [9.17, 15) is 4.39 Å². The Balaban J connectivity index is 2.77. The monoisotopic (exact) mass is 226 g/mol. The molecule has 0 amide bonds. The summed E-state index contributed by atoms with van der Waals surface area (Å²) in [5.41, 5.74) is 4.09. The van der Waals surface area contributed by atoms with Crippen LogP contribution in [0.1, 0.15) is 11.3 Å². The molecule has 2 N–H and O–H groups in total. The number of hydrogen-bond acceptors (Lipinski definition) is 5. The van der Waals surface area contributed by atoms with E-state index in [2.05, 4.69) is 20.8 Å². The molecule has 0 aromatic carbocycles. The van der Waals surface area contributed by atoms with Crippen LogP contribution in [0.4, 0.5) is 10.2 Å². The summed E-state index contributed by atoms with van der Waals surface area (Å²) in [6.07, 6.45) is 4.61. The highest BCUT2D eigenvalue weighted by Gasteiger charge is 2.03. The summed E-state index contributed by atoms with van der Waals surface area (Å²) in [6, 6.07) is 0. The van der Waals surface area contributed by atoms with E-state index in [1.165, 1.54) is 12.6 Å². The van der Waals surface area contributed by atoms with E-state index >= 15 is 0 Å². The summed E-state index contributed by atoms with van der Waals surface area (Å²) in [4.78, 5) is 12.9. The summed E-state index contributed by atoms with van der Waals surface area (Å²) in [5.74, 6) is 0.636. The molecule has 0 aliphatic carbocycles. The van der Waals surface area contributed by atoms with E-state index in [0.717, 1.165) is 11.3 Å². The van der Waals surface area contributed by atoms with Crippen LogP contribution in [-0.4, -0.2) is 30.2 Å². The van der Waals surface area contributed by atoms with Crippen LogP contribution in [0.25, 0.3) is 6.08 Å². The minimum absolute atomic E-state index is 0.244. The lowest BCUT2D eigenvalue weighted by Gasteiger charge is -2.07. The quantitative estimate of drug-likeness (QED) is 0.565. The van der Waals surface area contributed by atoms with Crippen molar-refractivity contribution in [1.82, 2.24) is 15.4 Å². The maximum Gasteiger partial charge on any atom is 0.132 e. The van der Waals surface area contributed by atoms with Gasteiger partial charge in [0.05, 0.1) is 5.69 Å². The van der Waals surface area contributed by atoms with Crippen molar-refractivity contribution in [2.75, 3.05) is 25.6 Å². The minimum atomic E-state index is -0.433. The molecule has 0 spiro atoms. The Hall–Kier alpha value is -1.69. The maximum absolute atomic E-state index is 12.0. The van der Waals surface area contributed by atoms with E-state index in [-0.39, 0.29) is 6.54 Å². The summed E-state index contributed by atoms with van der Waals surface area (Å²) in [7, 11) is 1.66. The molecule has 1 aromatic rings. The molecule has 5 nitrogen and oxygen atoms in total. The molecule has 1 heterocycles. The van der Waals surface area contributed by atoms with Crippen LogP contribution in [-0.2, 0) is 4.84 Å². The zero-order chi connectivity index (χ0) is 11.8. The highest BCUT2D eigenvalue weighted by Crippen LogP contribution is 2.14. The van der Waals surface area contributed by atoms with Crippen molar-refractivity contribution in [3.05, 3.63) is 23.8 Å². The van der Waals surface area contributed by atoms with Gasteiger partial charge in [0.15, 0.2) is 0 Å². The first-order valence-electron chi connectivity index (χ1n) is 4.90. The van der Waals surface area contributed by atoms with Gasteiger partial charge in [-0.25, -0.2) is 14.4 Å². The van der Waals surface area contributed by atoms with Crippen LogP contribution in [0.3, 0.4) is 0 Å². The number of rotatable bonds is 6. The first kappa shape index (κ1) is 12.4. The SMILES string of the molecule is CNO/C=C/c1ncnc(NCCF)c1C. The summed E-state index contributed by atoms with van der Waals surface area (Å²) >= 11 is 0. The van der Waals surface area contributed by atoms with Gasteiger partial charge in [0.1, 0.15) is 25.1 Å². The average Bonchev–Trinajstić information content (AvgIpc) is 2.30. The topological polar surface area (TPSA) is 59.1 Å². The molecule has 1 aromatic heterocycles. The number of hydroxylamine groups is 1. The lowest BCUT2D eigenvalue weighted by molar-refractivity contribution is 0.161. The highest BCUT2D eigenvalue weighted by molar-refractivity contribution is 5.56. The molecule has 6 heteroatoms. The predicted octanol–water partition coefficient (Wildman–Crippen LogP) is 1.29. The first-order chi connectivity index (χ1) is 7.79. The zero-order valence-corrected chi connectivity index (χ0v) is 9.33. The van der Waals surface area contributed by atoms with Crippen molar-refractivity contribution < 1.29 is 9.23 Å². The van der Waals surface area contributed by atoms with Gasteiger partial charge in [0.2, 0.25) is 0 Å². The molecule has 0 fully saturated rings. The summed E-state index contributed by atoms with van der Waals surface area (Å²) in [5, 5.41) is 2.88. The number of hydrogen-bond donors (Lipinski definition) is 2. The molecule has 0 aliphatic heterocycles. The van der Waals surface area contributed by atoms with Gasteiger partial charge in [-0.3, -0.25) is 0 Å². The third-order valence-corrected chi connectivity index (χ3v) is 1.92. The fourth-order valence-corrected chi connectivity index (χ4v) is 1.14. The molecule has 0 unspecified atom stereocenters. The van der Waals surface area contributed by atoms with Crippen LogP contribution in [0, 0.1) is 6.92 Å². The van der Waals surface area contributed by atoms with E-state index in [0.29, 0.717) is 5.82 Å². The maximum atomic E-state index is 12.0. The van der Waals surface area contributed by atoms with Crippen molar-refractivity contribution in [3.8, 4) is 0 Å². The van der Waals surface area contributed by atoms with E-state index in [1.807, 2.05) is 6.92 Å². The minimum Gasteiger partial charge on any atom is -0.417 e. The van der Waals surface area contributed by atoms with E-state index in [1.54, 1.807) is 13.1 Å². The van der Waals surface area contributed by atoms with E-state index < -0.39 is 6.67 Å². The van der Waals surface area contributed by atoms with Gasteiger partial charge < -0.3 is 10.2 Å². The van der Waals surface area contributed by atoms with Crippen LogP contribution < -0.4 is 10.8 Å². The second-order valence-electron chi connectivity index (χ2n) is 2.97. The standard InChI is InChI=1S/C10H15FN4O/c1-8-9(3-6-16-12-2)14-7-15-10(8)13-5-4-11/h3,6-7,12H,4-5H2,1-2H3,(H,13,14,15)/b6-3+. The number of halogens is 1. The van der Waals surface area contributed by atoms with Gasteiger partial charge in [-0.1, -0.05) is 0 Å². The lowest BCUT2D eigenvalue weighted by Crippen LogP contribution is -2.07. The second-order valence-corrected chi connectivity index (χ2v) is 2.97. The Morgan fingerprint density at radius 3 is 3.00 bits per heavy atom. The number of aromatic nitrogens is 2. The molecule has 0 saturated carbocycles. The van der Waals surface area contributed by atoms with Crippen molar-refractivity contribution in [1.29, 1.82) is 0 Å². The summed E-state index contributed by atoms with van der Waals surface area (Å²) < 4.78 is 12.0. The normalized spacial score (nSPS) is 10.7. The number of anilines is 1. The van der Waals surface area contributed by atoms with Crippen LogP contribution in [0.2, 0.25) is 0 Å². The smallest absolute Gasteiger partial charge is 0.132 e. The molecule has 0 aliphatic rings. The fourth-order valence-electron chi connectivity index (χ4n) is 1.14. The van der Waals surface area contributed by atoms with Gasteiger partial charge in [-0.15, -0.1) is 0 Å². The number of nitrogens with one attached hydrogen (secondary N) is 2. The molecular formula is C10H15FN4O. The van der Waals surface area contributed by atoms with Gasteiger partial charge in [-0.05, 0) is 6.92 Å². The molecule has 0 radical (unpaired) electrons. The molecule has 0 bridgehead atoms. The van der Waals surface area contributed by atoms with Crippen LogP contribution >= 0.6 is 0 Å². The van der Waals surface area contributed by atoms with Crippen molar-refractivity contribution >= 4 is 11.9 Å². The van der Waals surface area contributed by atoms with Gasteiger partial charge in [0, 0.05) is 25.2 Å². The largest absolute Gasteiger partial charge is 0.417 e. The Kier molecular flexibility index (Phi) is 5.21. The Morgan fingerprint density at radius 1 is 1.50 bits per heavy atom. The first-order valence-corrected chi connectivity index (χ1v) is 4.90. The third-order valence-electron chi connectivity index (χ3n) is 1.92. The van der Waals surface area contributed by atoms with Gasteiger partial charge in [-0.2, -0.15) is 5.48 Å². The Labute approximate surface area is 93.7 Å².